The van der Waals surface area contributed by atoms with Gasteiger partial charge in [-0.1, -0.05) is 13.8 Å². The maximum atomic E-state index is 11.8. The number of rotatable bonds is 10. The third-order valence-corrected chi connectivity index (χ3v) is 3.32. The van der Waals surface area contributed by atoms with Crippen molar-refractivity contribution in [2.24, 2.45) is 11.7 Å². The molecule has 0 aliphatic heterocycles. The van der Waals surface area contributed by atoms with Crippen molar-refractivity contribution in [1.29, 1.82) is 0 Å². The molecular weight excluding hydrogens is 254 g/mol. The van der Waals surface area contributed by atoms with Gasteiger partial charge in [-0.2, -0.15) is 0 Å². The van der Waals surface area contributed by atoms with E-state index in [-0.39, 0.29) is 17.9 Å². The molecule has 0 aliphatic rings. The maximum absolute atomic E-state index is 11.8. The summed E-state index contributed by atoms with van der Waals surface area (Å²) in [7, 11) is 0. The molecule has 0 spiro atoms. The molecule has 0 aliphatic carbocycles. The molecule has 0 saturated carbocycles. The van der Waals surface area contributed by atoms with Crippen molar-refractivity contribution in [2.45, 2.75) is 59.4 Å². The Balaban J connectivity index is 3.95. The van der Waals surface area contributed by atoms with Crippen molar-refractivity contribution in [3.63, 3.8) is 0 Å². The van der Waals surface area contributed by atoms with Crippen molar-refractivity contribution in [1.82, 2.24) is 10.2 Å². The number of hydrogen-bond donors (Lipinski definition) is 2. The molecule has 0 bridgehead atoms. The summed E-state index contributed by atoms with van der Waals surface area (Å²) < 4.78 is 0. The molecule has 0 saturated heterocycles. The van der Waals surface area contributed by atoms with E-state index in [1.165, 1.54) is 0 Å². The van der Waals surface area contributed by atoms with Crippen LogP contribution in [-0.4, -0.2) is 42.4 Å². The third kappa shape index (κ3) is 8.15. The van der Waals surface area contributed by atoms with Gasteiger partial charge in [-0.3, -0.25) is 9.59 Å². The van der Waals surface area contributed by atoms with E-state index in [0.717, 1.165) is 19.5 Å². The van der Waals surface area contributed by atoms with Gasteiger partial charge < -0.3 is 16.0 Å². The minimum Gasteiger partial charge on any atom is -0.352 e. The lowest BCUT2D eigenvalue weighted by Crippen LogP contribution is -2.41. The smallest absolute Gasteiger partial charge is 0.222 e. The highest BCUT2D eigenvalue weighted by Crippen LogP contribution is 2.05. The zero-order valence-electron chi connectivity index (χ0n) is 13.4. The number of nitrogens with zero attached hydrogens (tertiary/aromatic N) is 1. The van der Waals surface area contributed by atoms with Gasteiger partial charge in [0.2, 0.25) is 11.8 Å². The number of nitrogens with two attached hydrogens (primary N) is 1. The topological polar surface area (TPSA) is 75.4 Å². The number of nitrogens with one attached hydrogen (secondary N) is 1. The van der Waals surface area contributed by atoms with Gasteiger partial charge in [-0.25, -0.2) is 0 Å². The van der Waals surface area contributed by atoms with Crippen molar-refractivity contribution in [3.05, 3.63) is 0 Å². The molecule has 3 N–H and O–H groups in total. The molecule has 5 heteroatoms. The van der Waals surface area contributed by atoms with E-state index < -0.39 is 0 Å². The van der Waals surface area contributed by atoms with E-state index in [0.29, 0.717) is 31.7 Å². The predicted molar refractivity (Wildman–Crippen MR) is 82.2 cm³/mol. The number of carbonyl (C=O) groups excluding carboxylic acids is 2. The Kier molecular flexibility index (Phi) is 10.1. The van der Waals surface area contributed by atoms with E-state index in [1.807, 2.05) is 13.8 Å². The highest BCUT2D eigenvalue weighted by atomic mass is 16.2. The van der Waals surface area contributed by atoms with Crippen LogP contribution >= 0.6 is 0 Å². The number of amides is 2. The fraction of sp³-hybridized carbons (Fsp3) is 0.867. The molecule has 0 rings (SSSR count). The lowest BCUT2D eigenvalue weighted by molar-refractivity contribution is -0.131. The summed E-state index contributed by atoms with van der Waals surface area (Å²) >= 11 is 0. The molecule has 0 aromatic carbocycles. The molecule has 118 valence electrons. The van der Waals surface area contributed by atoms with E-state index >= 15 is 0 Å². The lowest BCUT2D eigenvalue weighted by Gasteiger charge is -2.20. The van der Waals surface area contributed by atoms with Crippen molar-refractivity contribution in [2.75, 3.05) is 19.6 Å². The second kappa shape index (κ2) is 10.7. The summed E-state index contributed by atoms with van der Waals surface area (Å²) in [4.78, 5) is 25.4. The Labute approximate surface area is 123 Å². The summed E-state index contributed by atoms with van der Waals surface area (Å²) in [5.74, 6) is 0.627. The van der Waals surface area contributed by atoms with Crippen LogP contribution in [0.4, 0.5) is 0 Å². The standard InChI is InChI=1S/C15H31N3O2/c1-5-18(6-2)15(20)9-7-8-14(19)17-13(11-16)10-12(3)4/h12-13H,5-11,16H2,1-4H3,(H,17,19). The van der Waals surface area contributed by atoms with Gasteiger partial charge in [0.05, 0.1) is 0 Å². The SMILES string of the molecule is CCN(CC)C(=O)CCCC(=O)NC(CN)CC(C)C. The quantitative estimate of drug-likeness (QED) is 0.639. The zero-order chi connectivity index (χ0) is 15.5. The molecule has 0 aromatic heterocycles. The molecule has 2 amide bonds. The first-order chi connectivity index (χ1) is 9.44. The fourth-order valence-corrected chi connectivity index (χ4v) is 2.22. The van der Waals surface area contributed by atoms with Crippen LogP contribution in [0, 0.1) is 5.92 Å². The van der Waals surface area contributed by atoms with Gasteiger partial charge in [0.25, 0.3) is 0 Å². The van der Waals surface area contributed by atoms with Crippen LogP contribution in [0.2, 0.25) is 0 Å². The van der Waals surface area contributed by atoms with Gasteiger partial charge in [-0.15, -0.1) is 0 Å². The van der Waals surface area contributed by atoms with Crippen LogP contribution in [0.25, 0.3) is 0 Å². The average molecular weight is 285 g/mol. The summed E-state index contributed by atoms with van der Waals surface area (Å²) in [5.41, 5.74) is 5.65. The molecule has 0 aromatic rings. The van der Waals surface area contributed by atoms with Gasteiger partial charge in [-0.05, 0) is 32.6 Å². The Hall–Kier alpha value is -1.10. The van der Waals surface area contributed by atoms with Crippen LogP contribution in [0.5, 0.6) is 0 Å². The summed E-state index contributed by atoms with van der Waals surface area (Å²) in [5, 5.41) is 2.94. The summed E-state index contributed by atoms with van der Waals surface area (Å²) in [6, 6.07) is 0.0426. The highest BCUT2D eigenvalue weighted by Gasteiger charge is 2.14. The molecule has 0 fully saturated rings. The first-order valence-corrected chi connectivity index (χ1v) is 7.71. The largest absolute Gasteiger partial charge is 0.352 e. The first-order valence-electron chi connectivity index (χ1n) is 7.71. The van der Waals surface area contributed by atoms with Crippen LogP contribution in [0.3, 0.4) is 0 Å². The van der Waals surface area contributed by atoms with Crippen LogP contribution in [-0.2, 0) is 9.59 Å². The molecule has 5 nitrogen and oxygen atoms in total. The molecule has 0 heterocycles. The third-order valence-electron chi connectivity index (χ3n) is 3.32. The van der Waals surface area contributed by atoms with E-state index in [1.54, 1.807) is 4.90 Å². The van der Waals surface area contributed by atoms with Crippen molar-refractivity contribution >= 4 is 11.8 Å². The monoisotopic (exact) mass is 285 g/mol. The molecule has 0 radical (unpaired) electrons. The van der Waals surface area contributed by atoms with E-state index in [2.05, 4.69) is 19.2 Å². The van der Waals surface area contributed by atoms with Gasteiger partial charge in [0.15, 0.2) is 0 Å². The Bertz CT molecular complexity index is 289. The minimum atomic E-state index is -0.00607. The second-order valence-corrected chi connectivity index (χ2v) is 5.55. The number of hydrogen-bond acceptors (Lipinski definition) is 3. The van der Waals surface area contributed by atoms with E-state index in [4.69, 9.17) is 5.73 Å². The van der Waals surface area contributed by atoms with Crippen LogP contribution in [0.15, 0.2) is 0 Å². The summed E-state index contributed by atoms with van der Waals surface area (Å²) in [6.45, 7) is 10.1. The lowest BCUT2D eigenvalue weighted by atomic mass is 10.0. The van der Waals surface area contributed by atoms with Gasteiger partial charge >= 0.3 is 0 Å². The Morgan fingerprint density at radius 3 is 2.20 bits per heavy atom. The molecular formula is C15H31N3O2. The zero-order valence-corrected chi connectivity index (χ0v) is 13.4. The number of carbonyl (C=O) groups is 2. The molecule has 20 heavy (non-hydrogen) atoms. The second-order valence-electron chi connectivity index (χ2n) is 5.55. The van der Waals surface area contributed by atoms with Gasteiger partial charge in [0, 0.05) is 38.5 Å². The Morgan fingerprint density at radius 2 is 1.75 bits per heavy atom. The molecule has 1 atom stereocenters. The van der Waals surface area contributed by atoms with Crippen molar-refractivity contribution < 1.29 is 9.59 Å². The predicted octanol–water partition coefficient (Wildman–Crippen LogP) is 1.51. The van der Waals surface area contributed by atoms with Crippen molar-refractivity contribution in [3.8, 4) is 0 Å². The average Bonchev–Trinajstić information content (AvgIpc) is 2.38. The molecule has 1 unspecified atom stereocenters. The maximum Gasteiger partial charge on any atom is 0.222 e. The normalized spacial score (nSPS) is 12.3. The highest BCUT2D eigenvalue weighted by molar-refractivity contribution is 5.79. The van der Waals surface area contributed by atoms with E-state index in [9.17, 15) is 9.59 Å². The first kappa shape index (κ1) is 18.9. The van der Waals surface area contributed by atoms with Gasteiger partial charge in [0.1, 0.15) is 0 Å². The van der Waals surface area contributed by atoms with Crippen LogP contribution < -0.4 is 11.1 Å². The fourth-order valence-electron chi connectivity index (χ4n) is 2.22. The van der Waals surface area contributed by atoms with Crippen LogP contribution in [0.1, 0.15) is 53.4 Å². The Morgan fingerprint density at radius 1 is 1.15 bits per heavy atom. The summed E-state index contributed by atoms with van der Waals surface area (Å²) in [6.07, 6.45) is 2.31. The minimum absolute atomic E-state index is 0.00607.